The monoisotopic (exact) mass is 452 g/mol. The molecule has 0 aromatic carbocycles. The Labute approximate surface area is 191 Å². The first-order valence-corrected chi connectivity index (χ1v) is 11.3. The molecule has 0 unspecified atom stereocenters. The van der Waals surface area contributed by atoms with Crippen LogP contribution < -0.4 is 0 Å². The number of cyclic esters (lactones) is 1. The van der Waals surface area contributed by atoms with Crippen LogP contribution >= 0.6 is 0 Å². The number of likely N-dealkylation sites (tertiary alicyclic amines) is 1. The molecule has 1 aliphatic carbocycles. The lowest BCUT2D eigenvalue weighted by Crippen LogP contribution is -2.42. The van der Waals surface area contributed by atoms with Gasteiger partial charge in [-0.1, -0.05) is 0 Å². The Balaban J connectivity index is 1.21. The van der Waals surface area contributed by atoms with Gasteiger partial charge < -0.3 is 9.64 Å². The number of carbonyl (C=O) groups is 2. The molecule has 0 atom stereocenters. The van der Waals surface area contributed by atoms with Gasteiger partial charge in [0.25, 0.3) is 0 Å². The smallest absolute Gasteiger partial charge is 0.336 e. The van der Waals surface area contributed by atoms with Crippen molar-refractivity contribution in [3.8, 4) is 5.82 Å². The molecule has 2 aromatic heterocycles. The quantitative estimate of drug-likeness (QED) is 0.616. The Morgan fingerprint density at radius 3 is 2.64 bits per heavy atom. The van der Waals surface area contributed by atoms with Gasteiger partial charge in [-0.25, -0.2) is 9.78 Å². The van der Waals surface area contributed by atoms with Crippen LogP contribution in [0.5, 0.6) is 0 Å². The Morgan fingerprint density at radius 2 is 2.00 bits per heavy atom. The molecule has 1 spiro atoms. The molecule has 5 rings (SSSR count). The number of ether oxygens (including phenoxy) is 1. The van der Waals surface area contributed by atoms with E-state index in [2.05, 4.69) is 37.4 Å². The zero-order valence-electron chi connectivity index (χ0n) is 19.2. The van der Waals surface area contributed by atoms with Gasteiger partial charge >= 0.3 is 5.97 Å². The number of rotatable bonds is 5. The molecule has 11 nitrogen and oxygen atoms in total. The first-order chi connectivity index (χ1) is 15.9. The first-order valence-electron chi connectivity index (χ1n) is 11.3. The summed E-state index contributed by atoms with van der Waals surface area (Å²) in [7, 11) is 2.11. The highest BCUT2D eigenvalue weighted by atomic mass is 16.5. The number of amides is 1. The molecular formula is C22H28N8O3. The molecule has 3 aliphatic rings. The van der Waals surface area contributed by atoms with E-state index >= 15 is 0 Å². The molecule has 4 heterocycles. The number of carbonyl (C=O) groups excluding carboxylic acids is 2. The summed E-state index contributed by atoms with van der Waals surface area (Å²) in [6.45, 7) is 5.27. The van der Waals surface area contributed by atoms with Crippen LogP contribution in [0.3, 0.4) is 0 Å². The van der Waals surface area contributed by atoms with Crippen LogP contribution in [0, 0.1) is 12.3 Å². The summed E-state index contributed by atoms with van der Waals surface area (Å²) < 4.78 is 6.61. The van der Waals surface area contributed by atoms with E-state index in [-0.39, 0.29) is 23.9 Å². The summed E-state index contributed by atoms with van der Waals surface area (Å²) in [5, 5.41) is 11.1. The average Bonchev–Trinajstić information content (AvgIpc) is 3.53. The van der Waals surface area contributed by atoms with Gasteiger partial charge in [0.1, 0.15) is 12.9 Å². The highest BCUT2D eigenvalue weighted by Crippen LogP contribution is 2.47. The zero-order valence-corrected chi connectivity index (χ0v) is 19.2. The van der Waals surface area contributed by atoms with Crippen LogP contribution in [0.2, 0.25) is 0 Å². The lowest BCUT2D eigenvalue weighted by Gasteiger charge is -2.39. The molecule has 0 radical (unpaired) electrons. The summed E-state index contributed by atoms with van der Waals surface area (Å²) in [6, 6.07) is 0.384. The predicted octanol–water partition coefficient (Wildman–Crippen LogP) is 1.18. The van der Waals surface area contributed by atoms with Crippen LogP contribution in [0.4, 0.5) is 0 Å². The van der Waals surface area contributed by atoms with Crippen LogP contribution in [0.15, 0.2) is 23.8 Å². The molecule has 1 saturated carbocycles. The van der Waals surface area contributed by atoms with E-state index in [4.69, 9.17) is 4.74 Å². The van der Waals surface area contributed by atoms with Gasteiger partial charge in [0.2, 0.25) is 5.91 Å². The number of hydrogen-bond donors (Lipinski definition) is 0. The van der Waals surface area contributed by atoms with Gasteiger partial charge in [-0.3, -0.25) is 14.7 Å². The number of esters is 1. The molecule has 33 heavy (non-hydrogen) atoms. The molecular weight excluding hydrogens is 424 g/mol. The van der Waals surface area contributed by atoms with Gasteiger partial charge in [0.15, 0.2) is 5.82 Å². The lowest BCUT2D eigenvalue weighted by atomic mass is 9.71. The standard InChI is InChI=1S/C22H28N8O3/c1-14-18(12-33-20(14)31)29-9-8-22(21(29)32)6-4-16(5-7-22)28(3)11-17-15(2)25-19(10-23-17)30-13-24-26-27-30/h10,13,16H,4-9,11-12H2,1-3H3. The van der Waals surface area contributed by atoms with Crippen molar-refractivity contribution in [2.45, 2.75) is 58.5 Å². The van der Waals surface area contributed by atoms with Gasteiger partial charge in [0.05, 0.1) is 34.3 Å². The van der Waals surface area contributed by atoms with Gasteiger partial charge in [-0.15, -0.1) is 5.10 Å². The Hall–Kier alpha value is -3.21. The Morgan fingerprint density at radius 1 is 1.21 bits per heavy atom. The molecule has 0 N–H and O–H groups in total. The number of aromatic nitrogens is 6. The van der Waals surface area contributed by atoms with E-state index in [9.17, 15) is 9.59 Å². The van der Waals surface area contributed by atoms with Crippen molar-refractivity contribution in [1.82, 2.24) is 40.0 Å². The minimum atomic E-state index is -0.312. The maximum atomic E-state index is 13.3. The topological polar surface area (TPSA) is 119 Å². The van der Waals surface area contributed by atoms with E-state index < -0.39 is 0 Å². The van der Waals surface area contributed by atoms with Crippen LogP contribution in [0.25, 0.3) is 5.82 Å². The summed E-state index contributed by atoms with van der Waals surface area (Å²) >= 11 is 0. The van der Waals surface area contributed by atoms with Crippen LogP contribution in [-0.2, 0) is 20.9 Å². The molecule has 1 saturated heterocycles. The second-order valence-electron chi connectivity index (χ2n) is 9.30. The van der Waals surface area contributed by atoms with E-state index in [1.807, 2.05) is 6.92 Å². The van der Waals surface area contributed by atoms with Crippen molar-refractivity contribution in [3.63, 3.8) is 0 Å². The fraction of sp³-hybridized carbons (Fsp3) is 0.591. The van der Waals surface area contributed by atoms with Crippen molar-refractivity contribution in [2.24, 2.45) is 5.41 Å². The summed E-state index contributed by atoms with van der Waals surface area (Å²) in [4.78, 5) is 38.4. The Kier molecular flexibility index (Phi) is 5.43. The molecule has 174 valence electrons. The van der Waals surface area contributed by atoms with Crippen molar-refractivity contribution in [3.05, 3.63) is 35.2 Å². The molecule has 0 bridgehead atoms. The summed E-state index contributed by atoms with van der Waals surface area (Å²) in [6.07, 6.45) is 7.66. The highest BCUT2D eigenvalue weighted by Gasteiger charge is 2.50. The molecule has 2 aliphatic heterocycles. The fourth-order valence-corrected chi connectivity index (χ4v) is 5.28. The minimum Gasteiger partial charge on any atom is -0.456 e. The maximum absolute atomic E-state index is 13.3. The number of aryl methyl sites for hydroxylation is 1. The normalized spacial score (nSPS) is 25.6. The third kappa shape index (κ3) is 3.79. The zero-order chi connectivity index (χ0) is 23.2. The molecule has 2 aromatic rings. The number of nitrogens with zero attached hydrogens (tertiary/aromatic N) is 8. The first kappa shape index (κ1) is 21.6. The third-order valence-corrected chi connectivity index (χ3v) is 7.47. The van der Waals surface area contributed by atoms with Crippen molar-refractivity contribution in [1.29, 1.82) is 0 Å². The maximum Gasteiger partial charge on any atom is 0.336 e. The van der Waals surface area contributed by atoms with E-state index in [0.717, 1.165) is 49.2 Å². The SMILES string of the molecule is CC1=C(N2CCC3(CCC(N(C)Cc4ncc(-n5cnnn5)nc4C)CC3)C2=O)COC1=O. The fourth-order valence-electron chi connectivity index (χ4n) is 5.28. The van der Waals surface area contributed by atoms with Crippen molar-refractivity contribution in [2.75, 3.05) is 20.2 Å². The number of tetrazole rings is 1. The molecule has 2 fully saturated rings. The highest BCUT2D eigenvalue weighted by molar-refractivity contribution is 5.94. The summed E-state index contributed by atoms with van der Waals surface area (Å²) in [5.41, 5.74) is 2.78. The predicted molar refractivity (Wildman–Crippen MR) is 116 cm³/mol. The summed E-state index contributed by atoms with van der Waals surface area (Å²) in [5.74, 6) is 0.442. The molecule has 1 amide bonds. The average molecular weight is 453 g/mol. The third-order valence-electron chi connectivity index (χ3n) is 7.47. The van der Waals surface area contributed by atoms with Crippen molar-refractivity contribution < 1.29 is 14.3 Å². The number of hydrogen-bond acceptors (Lipinski definition) is 9. The van der Waals surface area contributed by atoms with Crippen LogP contribution in [-0.4, -0.2) is 78.1 Å². The minimum absolute atomic E-state index is 0.163. The van der Waals surface area contributed by atoms with Gasteiger partial charge in [-0.2, -0.15) is 4.68 Å². The molecule has 11 heteroatoms. The lowest BCUT2D eigenvalue weighted by molar-refractivity contribution is -0.138. The van der Waals surface area contributed by atoms with Crippen LogP contribution in [0.1, 0.15) is 50.4 Å². The van der Waals surface area contributed by atoms with Gasteiger partial charge in [-0.05, 0) is 63.4 Å². The van der Waals surface area contributed by atoms with E-state index in [0.29, 0.717) is 30.5 Å². The van der Waals surface area contributed by atoms with E-state index in [1.54, 1.807) is 18.0 Å². The van der Waals surface area contributed by atoms with Gasteiger partial charge in [0, 0.05) is 19.1 Å². The second-order valence-corrected chi connectivity index (χ2v) is 9.30. The Bertz CT molecular complexity index is 1100. The van der Waals surface area contributed by atoms with Crippen molar-refractivity contribution >= 4 is 11.9 Å². The van der Waals surface area contributed by atoms with E-state index in [1.165, 1.54) is 11.0 Å². The largest absolute Gasteiger partial charge is 0.456 e. The second kappa shape index (κ2) is 8.29.